The Balaban J connectivity index is 3.26. The molecule has 0 heterocycles. The molecular weight excluding hydrogens is 208 g/mol. The van der Waals surface area contributed by atoms with Crippen LogP contribution in [0.4, 0.5) is 0 Å². The summed E-state index contributed by atoms with van der Waals surface area (Å²) in [4.78, 5) is 22.7. The molecule has 1 aromatic rings. The lowest BCUT2D eigenvalue weighted by molar-refractivity contribution is 0.0599. The average molecular weight is 220 g/mol. The Morgan fingerprint density at radius 1 is 1.06 bits per heavy atom. The van der Waals surface area contributed by atoms with Gasteiger partial charge in [0.1, 0.15) is 0 Å². The SMILES string of the molecule is C=Cc1cc(C(=O)OC)cc(C(=O)OC)c1. The van der Waals surface area contributed by atoms with Gasteiger partial charge in [0.15, 0.2) is 0 Å². The summed E-state index contributed by atoms with van der Waals surface area (Å²) in [5, 5.41) is 0. The second-order valence-corrected chi connectivity index (χ2v) is 3.03. The third kappa shape index (κ3) is 2.48. The number of esters is 2. The van der Waals surface area contributed by atoms with Crippen LogP contribution in [0.3, 0.4) is 0 Å². The predicted molar refractivity (Wildman–Crippen MR) is 59.2 cm³/mol. The quantitative estimate of drug-likeness (QED) is 0.730. The van der Waals surface area contributed by atoms with Gasteiger partial charge in [-0.05, 0) is 23.8 Å². The van der Waals surface area contributed by atoms with Gasteiger partial charge < -0.3 is 9.47 Å². The van der Waals surface area contributed by atoms with Gasteiger partial charge in [-0.3, -0.25) is 0 Å². The molecule has 1 aromatic carbocycles. The maximum Gasteiger partial charge on any atom is 0.337 e. The molecule has 0 aliphatic heterocycles. The van der Waals surface area contributed by atoms with Crippen LogP contribution in [-0.2, 0) is 9.47 Å². The van der Waals surface area contributed by atoms with Crippen molar-refractivity contribution >= 4 is 18.0 Å². The van der Waals surface area contributed by atoms with Crippen molar-refractivity contribution in [3.8, 4) is 0 Å². The molecule has 0 aromatic heterocycles. The highest BCUT2D eigenvalue weighted by atomic mass is 16.5. The van der Waals surface area contributed by atoms with Gasteiger partial charge in [-0.1, -0.05) is 12.7 Å². The second-order valence-electron chi connectivity index (χ2n) is 3.03. The molecule has 0 spiro atoms. The first-order chi connectivity index (χ1) is 7.62. The normalized spacial score (nSPS) is 9.38. The fraction of sp³-hybridized carbons (Fsp3) is 0.167. The van der Waals surface area contributed by atoms with E-state index in [0.717, 1.165) is 0 Å². The molecular formula is C12H12O4. The van der Waals surface area contributed by atoms with E-state index >= 15 is 0 Å². The van der Waals surface area contributed by atoms with E-state index < -0.39 is 11.9 Å². The van der Waals surface area contributed by atoms with Crippen LogP contribution < -0.4 is 0 Å². The molecule has 0 N–H and O–H groups in total. The van der Waals surface area contributed by atoms with Crippen molar-refractivity contribution < 1.29 is 19.1 Å². The number of benzene rings is 1. The van der Waals surface area contributed by atoms with Crippen molar-refractivity contribution in [1.29, 1.82) is 0 Å². The summed E-state index contributed by atoms with van der Waals surface area (Å²) in [6.07, 6.45) is 1.54. The van der Waals surface area contributed by atoms with Gasteiger partial charge in [0.25, 0.3) is 0 Å². The molecule has 0 aliphatic rings. The topological polar surface area (TPSA) is 52.6 Å². The van der Waals surface area contributed by atoms with Crippen LogP contribution in [0.5, 0.6) is 0 Å². The molecule has 0 atom stereocenters. The number of carbonyl (C=O) groups excluding carboxylic acids is 2. The van der Waals surface area contributed by atoms with Gasteiger partial charge in [0.05, 0.1) is 25.3 Å². The molecule has 84 valence electrons. The molecule has 0 aliphatic carbocycles. The minimum atomic E-state index is -0.506. The largest absolute Gasteiger partial charge is 0.465 e. The smallest absolute Gasteiger partial charge is 0.337 e. The Bertz CT molecular complexity index is 400. The zero-order chi connectivity index (χ0) is 12.1. The van der Waals surface area contributed by atoms with Crippen LogP contribution in [0.25, 0.3) is 6.08 Å². The Kier molecular flexibility index (Phi) is 3.83. The molecule has 16 heavy (non-hydrogen) atoms. The van der Waals surface area contributed by atoms with Crippen LogP contribution >= 0.6 is 0 Å². The summed E-state index contributed by atoms with van der Waals surface area (Å²) in [6, 6.07) is 4.60. The Labute approximate surface area is 93.5 Å². The van der Waals surface area contributed by atoms with Crippen LogP contribution in [0.15, 0.2) is 24.8 Å². The van der Waals surface area contributed by atoms with Gasteiger partial charge in [-0.15, -0.1) is 0 Å². The number of rotatable bonds is 3. The van der Waals surface area contributed by atoms with E-state index in [-0.39, 0.29) is 0 Å². The molecule has 0 bridgehead atoms. The highest BCUT2D eigenvalue weighted by Crippen LogP contribution is 2.13. The summed E-state index contributed by atoms with van der Waals surface area (Å²) < 4.78 is 9.16. The van der Waals surface area contributed by atoms with Gasteiger partial charge in [-0.25, -0.2) is 9.59 Å². The molecule has 0 fully saturated rings. The van der Waals surface area contributed by atoms with Gasteiger partial charge in [0, 0.05) is 0 Å². The lowest BCUT2D eigenvalue weighted by Gasteiger charge is -2.05. The highest BCUT2D eigenvalue weighted by molar-refractivity contribution is 5.96. The molecule has 0 radical (unpaired) electrons. The first kappa shape index (κ1) is 12.0. The first-order valence-corrected chi connectivity index (χ1v) is 4.56. The average Bonchev–Trinajstić information content (AvgIpc) is 2.35. The fourth-order valence-corrected chi connectivity index (χ4v) is 1.24. The summed E-state index contributed by atoms with van der Waals surface area (Å²) in [7, 11) is 2.56. The third-order valence-corrected chi connectivity index (χ3v) is 2.03. The predicted octanol–water partition coefficient (Wildman–Crippen LogP) is 1.90. The summed E-state index contributed by atoms with van der Waals surface area (Å²) in [5.74, 6) is -1.01. The molecule has 0 saturated carbocycles. The number of carbonyl (C=O) groups is 2. The Morgan fingerprint density at radius 2 is 1.50 bits per heavy atom. The van der Waals surface area contributed by atoms with E-state index in [1.54, 1.807) is 18.2 Å². The van der Waals surface area contributed by atoms with E-state index in [2.05, 4.69) is 16.1 Å². The molecule has 0 unspecified atom stereocenters. The van der Waals surface area contributed by atoms with Crippen LogP contribution in [0, 0.1) is 0 Å². The Morgan fingerprint density at radius 3 is 1.81 bits per heavy atom. The van der Waals surface area contributed by atoms with E-state index in [0.29, 0.717) is 16.7 Å². The zero-order valence-corrected chi connectivity index (χ0v) is 9.15. The van der Waals surface area contributed by atoms with Crippen molar-refractivity contribution in [2.75, 3.05) is 14.2 Å². The molecule has 4 heteroatoms. The van der Waals surface area contributed by atoms with Crippen molar-refractivity contribution in [3.05, 3.63) is 41.5 Å². The fourth-order valence-electron chi connectivity index (χ4n) is 1.24. The van der Waals surface area contributed by atoms with Gasteiger partial charge in [0.2, 0.25) is 0 Å². The summed E-state index contributed by atoms with van der Waals surface area (Å²) >= 11 is 0. The van der Waals surface area contributed by atoms with Crippen molar-refractivity contribution in [2.24, 2.45) is 0 Å². The van der Waals surface area contributed by atoms with Crippen LogP contribution in [-0.4, -0.2) is 26.2 Å². The molecule has 4 nitrogen and oxygen atoms in total. The molecule has 1 rings (SSSR count). The van der Waals surface area contributed by atoms with E-state index in [9.17, 15) is 9.59 Å². The molecule has 0 saturated heterocycles. The van der Waals surface area contributed by atoms with Crippen molar-refractivity contribution in [2.45, 2.75) is 0 Å². The van der Waals surface area contributed by atoms with Gasteiger partial charge >= 0.3 is 11.9 Å². The summed E-state index contributed by atoms with van der Waals surface area (Å²) in [6.45, 7) is 3.58. The van der Waals surface area contributed by atoms with Gasteiger partial charge in [-0.2, -0.15) is 0 Å². The van der Waals surface area contributed by atoms with E-state index in [4.69, 9.17) is 0 Å². The van der Waals surface area contributed by atoms with E-state index in [1.807, 2.05) is 0 Å². The number of methoxy groups -OCH3 is 2. The maximum atomic E-state index is 11.3. The zero-order valence-electron chi connectivity index (χ0n) is 9.15. The maximum absolute atomic E-state index is 11.3. The lowest BCUT2D eigenvalue weighted by atomic mass is 10.1. The minimum Gasteiger partial charge on any atom is -0.465 e. The first-order valence-electron chi connectivity index (χ1n) is 4.56. The van der Waals surface area contributed by atoms with Crippen molar-refractivity contribution in [3.63, 3.8) is 0 Å². The molecule has 0 amide bonds. The highest BCUT2D eigenvalue weighted by Gasteiger charge is 2.12. The summed E-state index contributed by atoms with van der Waals surface area (Å²) in [5.41, 5.74) is 1.24. The standard InChI is InChI=1S/C12H12O4/c1-4-8-5-9(11(13)15-2)7-10(6-8)12(14)16-3/h4-7H,1H2,2-3H3. The van der Waals surface area contributed by atoms with Crippen molar-refractivity contribution in [1.82, 2.24) is 0 Å². The number of ether oxygens (including phenoxy) is 2. The lowest BCUT2D eigenvalue weighted by Crippen LogP contribution is -2.07. The number of hydrogen-bond donors (Lipinski definition) is 0. The van der Waals surface area contributed by atoms with Crippen LogP contribution in [0.1, 0.15) is 26.3 Å². The monoisotopic (exact) mass is 220 g/mol. The van der Waals surface area contributed by atoms with Crippen LogP contribution in [0.2, 0.25) is 0 Å². The minimum absolute atomic E-state index is 0.292. The number of hydrogen-bond acceptors (Lipinski definition) is 4. The van der Waals surface area contributed by atoms with E-state index in [1.165, 1.54) is 20.3 Å². The third-order valence-electron chi connectivity index (χ3n) is 2.03. The Hall–Kier alpha value is -2.10. The second kappa shape index (κ2) is 5.11.